The summed E-state index contributed by atoms with van der Waals surface area (Å²) in [6.07, 6.45) is 0. The Balaban J connectivity index is 1.45. The molecular weight excluding hydrogens is 382 g/mol. The first-order valence-electron chi connectivity index (χ1n) is 7.53. The molecule has 0 fully saturated rings. The standard InChI is InChI=1S/C17H14ClNO6S/c1-10(11-2-3-13-14(6-11)24-9-23-13)19-25-8-17(21)22-7-12(20)15-4-5-16(18)26-15/h2-6H,7-9H2,1H3/b19-10-. The molecule has 0 saturated heterocycles. The van der Waals surface area contributed by atoms with E-state index in [-0.39, 0.29) is 19.2 Å². The highest BCUT2D eigenvalue weighted by molar-refractivity contribution is 7.18. The fourth-order valence-electron chi connectivity index (χ4n) is 2.08. The minimum atomic E-state index is -0.691. The van der Waals surface area contributed by atoms with Gasteiger partial charge >= 0.3 is 5.97 Å². The van der Waals surface area contributed by atoms with Crippen molar-refractivity contribution in [1.82, 2.24) is 0 Å². The van der Waals surface area contributed by atoms with Crippen molar-refractivity contribution in [1.29, 1.82) is 0 Å². The molecule has 0 radical (unpaired) electrons. The molecule has 1 aliphatic heterocycles. The maximum absolute atomic E-state index is 11.8. The van der Waals surface area contributed by atoms with Crippen molar-refractivity contribution in [3.05, 3.63) is 45.1 Å². The molecule has 1 aromatic carbocycles. The molecule has 0 amide bonds. The van der Waals surface area contributed by atoms with E-state index in [2.05, 4.69) is 5.16 Å². The number of hydrogen-bond acceptors (Lipinski definition) is 8. The number of carbonyl (C=O) groups is 2. The number of nitrogens with zero attached hydrogens (tertiary/aromatic N) is 1. The summed E-state index contributed by atoms with van der Waals surface area (Å²) in [7, 11) is 0. The Labute approximate surface area is 158 Å². The van der Waals surface area contributed by atoms with Crippen LogP contribution in [0.1, 0.15) is 22.2 Å². The highest BCUT2D eigenvalue weighted by Crippen LogP contribution is 2.32. The van der Waals surface area contributed by atoms with E-state index in [4.69, 9.17) is 30.6 Å². The van der Waals surface area contributed by atoms with Crippen LogP contribution >= 0.6 is 22.9 Å². The Bertz CT molecular complexity index is 863. The number of oxime groups is 1. The van der Waals surface area contributed by atoms with Gasteiger partial charge in [-0.25, -0.2) is 4.79 Å². The number of esters is 1. The number of ketones is 1. The number of halogens is 1. The monoisotopic (exact) mass is 395 g/mol. The third-order valence-electron chi connectivity index (χ3n) is 3.39. The number of ether oxygens (including phenoxy) is 3. The lowest BCUT2D eigenvalue weighted by molar-refractivity contribution is -0.147. The zero-order chi connectivity index (χ0) is 18.5. The Morgan fingerprint density at radius 1 is 1.19 bits per heavy atom. The van der Waals surface area contributed by atoms with Crippen LogP contribution in [0.15, 0.2) is 35.5 Å². The lowest BCUT2D eigenvalue weighted by Gasteiger charge is -2.04. The molecule has 7 nitrogen and oxygen atoms in total. The van der Waals surface area contributed by atoms with Crippen molar-refractivity contribution in [2.45, 2.75) is 6.92 Å². The Morgan fingerprint density at radius 3 is 2.77 bits per heavy atom. The second-order valence-electron chi connectivity index (χ2n) is 5.21. The summed E-state index contributed by atoms with van der Waals surface area (Å²) < 4.78 is 15.9. The van der Waals surface area contributed by atoms with Crippen molar-refractivity contribution in [3.63, 3.8) is 0 Å². The van der Waals surface area contributed by atoms with Gasteiger partial charge in [0.2, 0.25) is 19.2 Å². The minimum Gasteiger partial charge on any atom is -0.455 e. The molecule has 2 heterocycles. The van der Waals surface area contributed by atoms with Gasteiger partial charge in [-0.1, -0.05) is 16.8 Å². The lowest BCUT2D eigenvalue weighted by Crippen LogP contribution is -2.17. The van der Waals surface area contributed by atoms with Gasteiger partial charge < -0.3 is 19.0 Å². The van der Waals surface area contributed by atoms with E-state index in [9.17, 15) is 9.59 Å². The fourth-order valence-corrected chi connectivity index (χ4v) is 3.05. The maximum Gasteiger partial charge on any atom is 0.347 e. The molecule has 0 N–H and O–H groups in total. The van der Waals surface area contributed by atoms with Gasteiger partial charge in [0.25, 0.3) is 0 Å². The van der Waals surface area contributed by atoms with E-state index in [1.807, 2.05) is 0 Å². The van der Waals surface area contributed by atoms with Gasteiger partial charge in [0.1, 0.15) is 0 Å². The highest BCUT2D eigenvalue weighted by Gasteiger charge is 2.15. The molecule has 0 bridgehead atoms. The molecule has 0 saturated carbocycles. The second kappa shape index (κ2) is 8.20. The summed E-state index contributed by atoms with van der Waals surface area (Å²) in [5, 5.41) is 3.87. The zero-order valence-corrected chi connectivity index (χ0v) is 15.3. The predicted molar refractivity (Wildman–Crippen MR) is 95.3 cm³/mol. The largest absolute Gasteiger partial charge is 0.455 e. The summed E-state index contributed by atoms with van der Waals surface area (Å²) in [6.45, 7) is 1.14. The molecule has 9 heteroatoms. The van der Waals surface area contributed by atoms with Crippen LogP contribution in [0, 0.1) is 0 Å². The van der Waals surface area contributed by atoms with Gasteiger partial charge in [0.15, 0.2) is 18.1 Å². The van der Waals surface area contributed by atoms with Crippen molar-refractivity contribution in [2.75, 3.05) is 20.0 Å². The van der Waals surface area contributed by atoms with E-state index in [1.54, 1.807) is 37.3 Å². The smallest absolute Gasteiger partial charge is 0.347 e. The molecule has 1 aromatic heterocycles. The summed E-state index contributed by atoms with van der Waals surface area (Å²) in [6, 6.07) is 8.54. The number of thiophene rings is 1. The second-order valence-corrected chi connectivity index (χ2v) is 6.92. The molecule has 1 aliphatic rings. The fraction of sp³-hybridized carbons (Fsp3) is 0.235. The van der Waals surface area contributed by atoms with E-state index in [0.29, 0.717) is 26.4 Å². The van der Waals surface area contributed by atoms with Crippen LogP contribution in [-0.4, -0.2) is 37.5 Å². The van der Waals surface area contributed by atoms with Crippen molar-refractivity contribution in [3.8, 4) is 11.5 Å². The third kappa shape index (κ3) is 4.53. The van der Waals surface area contributed by atoms with E-state index in [1.165, 1.54) is 0 Å². The van der Waals surface area contributed by atoms with Gasteiger partial charge in [0.05, 0.1) is 14.9 Å². The van der Waals surface area contributed by atoms with Crippen LogP contribution < -0.4 is 9.47 Å². The van der Waals surface area contributed by atoms with E-state index in [0.717, 1.165) is 16.9 Å². The average Bonchev–Trinajstić information content (AvgIpc) is 3.27. The number of hydrogen-bond donors (Lipinski definition) is 0. The number of rotatable bonds is 7. The summed E-state index contributed by atoms with van der Waals surface area (Å²) in [5.74, 6) is 0.282. The normalized spacial score (nSPS) is 12.8. The van der Waals surface area contributed by atoms with E-state index < -0.39 is 12.6 Å². The Hall–Kier alpha value is -2.58. The number of fused-ring (bicyclic) bond motifs is 1. The quantitative estimate of drug-likeness (QED) is 0.309. The minimum absolute atomic E-state index is 0.188. The van der Waals surface area contributed by atoms with Crippen molar-refractivity contribution >= 4 is 40.4 Å². The molecule has 0 atom stereocenters. The number of Topliss-reactive ketones (excluding diaryl/α,β-unsaturated/α-hetero) is 1. The zero-order valence-electron chi connectivity index (χ0n) is 13.7. The summed E-state index contributed by atoms with van der Waals surface area (Å²) >= 11 is 6.88. The predicted octanol–water partition coefficient (Wildman–Crippen LogP) is 3.30. The van der Waals surface area contributed by atoms with Crippen molar-refractivity contribution < 1.29 is 28.6 Å². The molecule has 3 rings (SSSR count). The molecule has 26 heavy (non-hydrogen) atoms. The number of carbonyl (C=O) groups excluding carboxylic acids is 2. The van der Waals surface area contributed by atoms with Crippen molar-refractivity contribution in [2.24, 2.45) is 5.16 Å². The molecular formula is C17H14ClNO6S. The molecule has 2 aromatic rings. The molecule has 136 valence electrons. The van der Waals surface area contributed by atoms with E-state index >= 15 is 0 Å². The average molecular weight is 396 g/mol. The molecule has 0 aliphatic carbocycles. The van der Waals surface area contributed by atoms with Crippen LogP contribution in [0.3, 0.4) is 0 Å². The first kappa shape index (κ1) is 18.2. The van der Waals surface area contributed by atoms with Crippen LogP contribution in [0.2, 0.25) is 4.34 Å². The maximum atomic E-state index is 11.8. The molecule has 0 unspecified atom stereocenters. The van der Waals surface area contributed by atoms with Gasteiger partial charge in [-0.05, 0) is 37.3 Å². The van der Waals surface area contributed by atoms with Crippen LogP contribution in [0.5, 0.6) is 11.5 Å². The van der Waals surface area contributed by atoms with Gasteiger partial charge in [-0.2, -0.15) is 0 Å². The van der Waals surface area contributed by atoms with Crippen LogP contribution in [0.25, 0.3) is 0 Å². The Morgan fingerprint density at radius 2 is 2.00 bits per heavy atom. The topological polar surface area (TPSA) is 83.4 Å². The first-order valence-corrected chi connectivity index (χ1v) is 8.73. The van der Waals surface area contributed by atoms with Gasteiger partial charge in [-0.3, -0.25) is 4.79 Å². The van der Waals surface area contributed by atoms with Gasteiger partial charge in [-0.15, -0.1) is 11.3 Å². The molecule has 0 spiro atoms. The highest BCUT2D eigenvalue weighted by atomic mass is 35.5. The summed E-state index contributed by atoms with van der Waals surface area (Å²) in [4.78, 5) is 28.8. The SMILES string of the molecule is C/C(=N/OCC(=O)OCC(=O)c1ccc(Cl)s1)c1ccc2c(c1)OCO2. The number of benzene rings is 1. The lowest BCUT2D eigenvalue weighted by atomic mass is 10.1. The van der Waals surface area contributed by atoms with Crippen LogP contribution in [-0.2, 0) is 14.4 Å². The first-order chi connectivity index (χ1) is 12.5. The van der Waals surface area contributed by atoms with Gasteiger partial charge in [0, 0.05) is 5.56 Å². The Kier molecular flexibility index (Phi) is 5.75. The summed E-state index contributed by atoms with van der Waals surface area (Å²) in [5.41, 5.74) is 1.33. The van der Waals surface area contributed by atoms with Crippen LogP contribution in [0.4, 0.5) is 0 Å². The third-order valence-corrected chi connectivity index (χ3v) is 4.66.